The van der Waals surface area contributed by atoms with Crippen molar-refractivity contribution < 1.29 is 0 Å². The van der Waals surface area contributed by atoms with E-state index in [9.17, 15) is 0 Å². The van der Waals surface area contributed by atoms with E-state index in [1.807, 2.05) is 6.21 Å². The normalized spacial score (nSPS) is 15.4. The Balaban J connectivity index is 2.61. The van der Waals surface area contributed by atoms with E-state index in [0.29, 0.717) is 13.0 Å². The number of benzene rings is 1. The summed E-state index contributed by atoms with van der Waals surface area (Å²) in [6.07, 6.45) is 15.0. The Bertz CT molecular complexity index is 939. The highest BCUT2D eigenvalue weighted by molar-refractivity contribution is 5.94. The quantitative estimate of drug-likeness (QED) is 0.257. The summed E-state index contributed by atoms with van der Waals surface area (Å²) >= 11 is 0. The molecule has 0 aromatic heterocycles. The molecule has 1 aromatic carbocycles. The van der Waals surface area contributed by atoms with Crippen molar-refractivity contribution in [3.63, 3.8) is 0 Å². The standard InChI is InChI=1S/C27H36N4/c1-4-5-10-23(22(17-29)19-31-16-9-8-15-28)24-11-6-7-12-25(24)27-21(3)14-13-20(2)26(27)18-30/h10,13-14,17-19,30H,4-9,11-12,16,29H2,1-3H3/b22-17+,23-10+,30-18?,31-19?. The summed E-state index contributed by atoms with van der Waals surface area (Å²) in [4.78, 5) is 4.54. The molecule has 31 heavy (non-hydrogen) atoms. The number of nitrogens with zero attached hydrogens (tertiary/aromatic N) is 2. The summed E-state index contributed by atoms with van der Waals surface area (Å²) < 4.78 is 0. The van der Waals surface area contributed by atoms with Crippen molar-refractivity contribution in [2.24, 2.45) is 10.7 Å². The lowest BCUT2D eigenvalue weighted by atomic mass is 9.78. The molecule has 0 unspecified atom stereocenters. The molecule has 0 radical (unpaired) electrons. The molecule has 2 rings (SSSR count). The first-order valence-corrected chi connectivity index (χ1v) is 11.4. The van der Waals surface area contributed by atoms with Gasteiger partial charge < -0.3 is 11.1 Å². The average molecular weight is 417 g/mol. The molecule has 0 bridgehead atoms. The summed E-state index contributed by atoms with van der Waals surface area (Å²) in [7, 11) is 0. The van der Waals surface area contributed by atoms with E-state index in [-0.39, 0.29) is 0 Å². The van der Waals surface area contributed by atoms with Crippen LogP contribution in [0.4, 0.5) is 0 Å². The van der Waals surface area contributed by atoms with Gasteiger partial charge in [-0.15, -0.1) is 0 Å². The second-order valence-corrected chi connectivity index (χ2v) is 8.12. The van der Waals surface area contributed by atoms with Crippen LogP contribution in [0.5, 0.6) is 0 Å². The van der Waals surface area contributed by atoms with Crippen LogP contribution in [0.2, 0.25) is 0 Å². The molecule has 0 spiro atoms. The summed E-state index contributed by atoms with van der Waals surface area (Å²) in [5, 5.41) is 16.8. The molecule has 0 fully saturated rings. The van der Waals surface area contributed by atoms with E-state index in [1.54, 1.807) is 6.20 Å². The third-order valence-corrected chi connectivity index (χ3v) is 5.84. The first kappa shape index (κ1) is 24.3. The number of nitrogens with one attached hydrogen (secondary N) is 1. The van der Waals surface area contributed by atoms with Gasteiger partial charge in [-0.3, -0.25) is 4.99 Å². The number of rotatable bonds is 10. The van der Waals surface area contributed by atoms with Crippen LogP contribution in [-0.4, -0.2) is 19.0 Å². The van der Waals surface area contributed by atoms with Crippen LogP contribution < -0.4 is 5.73 Å². The number of hydrogen-bond acceptors (Lipinski definition) is 4. The van der Waals surface area contributed by atoms with Crippen LogP contribution in [0.25, 0.3) is 5.57 Å². The summed E-state index contributed by atoms with van der Waals surface area (Å²) in [6, 6.07) is 6.44. The van der Waals surface area contributed by atoms with E-state index in [2.05, 4.69) is 50.0 Å². The van der Waals surface area contributed by atoms with Crippen molar-refractivity contribution in [2.45, 2.75) is 72.1 Å². The van der Waals surface area contributed by atoms with Crippen molar-refractivity contribution in [1.29, 1.82) is 10.7 Å². The molecule has 0 saturated carbocycles. The van der Waals surface area contributed by atoms with E-state index in [4.69, 9.17) is 16.4 Å². The zero-order valence-electron chi connectivity index (χ0n) is 19.3. The number of nitriles is 1. The molecule has 164 valence electrons. The number of unbranched alkanes of at least 4 members (excludes halogenated alkanes) is 2. The first-order chi connectivity index (χ1) is 15.1. The maximum atomic E-state index is 8.73. The van der Waals surface area contributed by atoms with Crippen molar-refractivity contribution in [1.82, 2.24) is 0 Å². The third kappa shape index (κ3) is 6.28. The van der Waals surface area contributed by atoms with E-state index in [1.165, 1.54) is 34.1 Å². The number of aliphatic imine (C=N–C) groups is 1. The minimum atomic E-state index is 0.520. The van der Waals surface area contributed by atoms with Gasteiger partial charge in [0.15, 0.2) is 0 Å². The highest BCUT2D eigenvalue weighted by atomic mass is 14.7. The molecule has 4 heteroatoms. The van der Waals surface area contributed by atoms with Crippen molar-refractivity contribution in [3.8, 4) is 6.07 Å². The largest absolute Gasteiger partial charge is 0.404 e. The highest BCUT2D eigenvalue weighted by Crippen LogP contribution is 2.40. The maximum absolute atomic E-state index is 8.73. The molecule has 4 nitrogen and oxygen atoms in total. The lowest BCUT2D eigenvalue weighted by molar-refractivity contribution is 0.718. The highest BCUT2D eigenvalue weighted by Gasteiger charge is 2.22. The van der Waals surface area contributed by atoms with Crippen molar-refractivity contribution in [2.75, 3.05) is 6.54 Å². The smallest absolute Gasteiger partial charge is 0.0622 e. The van der Waals surface area contributed by atoms with E-state index < -0.39 is 0 Å². The van der Waals surface area contributed by atoms with Crippen LogP contribution in [-0.2, 0) is 0 Å². The number of aryl methyl sites for hydroxylation is 2. The van der Waals surface area contributed by atoms with E-state index >= 15 is 0 Å². The van der Waals surface area contributed by atoms with Crippen molar-refractivity contribution >= 4 is 18.0 Å². The molecule has 0 amide bonds. The fraction of sp³-hybridized carbons (Fsp3) is 0.444. The topological polar surface area (TPSA) is 86.0 Å². The lowest BCUT2D eigenvalue weighted by Crippen LogP contribution is -2.09. The van der Waals surface area contributed by atoms with Gasteiger partial charge in [0.1, 0.15) is 0 Å². The van der Waals surface area contributed by atoms with Crippen LogP contribution in [0.3, 0.4) is 0 Å². The zero-order valence-corrected chi connectivity index (χ0v) is 19.3. The molecule has 1 aliphatic rings. The zero-order chi connectivity index (χ0) is 22.6. The minimum Gasteiger partial charge on any atom is -0.404 e. The fourth-order valence-electron chi connectivity index (χ4n) is 4.22. The SMILES string of the molecule is CCC/C=C(C1=C(c2c(C)ccc(C)c2C=N)CCCC1)\C(C=NCCCC#N)=C\N. The Morgan fingerprint density at radius 2 is 1.97 bits per heavy atom. The van der Waals surface area contributed by atoms with Crippen molar-refractivity contribution in [3.05, 3.63) is 63.4 Å². The Hall–Kier alpha value is -2.93. The van der Waals surface area contributed by atoms with E-state index in [0.717, 1.165) is 61.6 Å². The van der Waals surface area contributed by atoms with Crippen LogP contribution in [0.1, 0.15) is 80.5 Å². The average Bonchev–Trinajstić information content (AvgIpc) is 2.79. The number of allylic oxidation sites excluding steroid dienone is 5. The third-order valence-electron chi connectivity index (χ3n) is 5.84. The Kier molecular flexibility index (Phi) is 9.97. The predicted molar refractivity (Wildman–Crippen MR) is 133 cm³/mol. The minimum absolute atomic E-state index is 0.520. The monoisotopic (exact) mass is 416 g/mol. The van der Waals surface area contributed by atoms with Gasteiger partial charge in [-0.1, -0.05) is 31.6 Å². The lowest BCUT2D eigenvalue weighted by Gasteiger charge is -2.26. The molecule has 0 saturated heterocycles. The second kappa shape index (κ2) is 12.7. The summed E-state index contributed by atoms with van der Waals surface area (Å²) in [6.45, 7) is 7.04. The van der Waals surface area contributed by atoms with Gasteiger partial charge in [0, 0.05) is 42.7 Å². The number of hydrogen-bond donors (Lipinski definition) is 2. The Morgan fingerprint density at radius 3 is 2.65 bits per heavy atom. The molecule has 1 aliphatic carbocycles. The van der Waals surface area contributed by atoms with Crippen LogP contribution in [0.15, 0.2) is 46.1 Å². The first-order valence-electron chi connectivity index (χ1n) is 11.4. The molecular weight excluding hydrogens is 380 g/mol. The fourth-order valence-corrected chi connectivity index (χ4v) is 4.22. The summed E-state index contributed by atoms with van der Waals surface area (Å²) in [5.41, 5.74) is 15.5. The van der Waals surface area contributed by atoms with Gasteiger partial charge in [-0.05, 0) is 85.8 Å². The molecule has 0 heterocycles. The Labute approximate surface area is 187 Å². The van der Waals surface area contributed by atoms with Crippen LogP contribution in [0, 0.1) is 30.6 Å². The molecule has 0 aliphatic heterocycles. The van der Waals surface area contributed by atoms with Gasteiger partial charge >= 0.3 is 0 Å². The van der Waals surface area contributed by atoms with Gasteiger partial charge in [0.05, 0.1) is 6.07 Å². The van der Waals surface area contributed by atoms with Crippen LogP contribution >= 0.6 is 0 Å². The molecule has 0 atom stereocenters. The van der Waals surface area contributed by atoms with Gasteiger partial charge in [0.2, 0.25) is 0 Å². The second-order valence-electron chi connectivity index (χ2n) is 8.12. The molecule has 3 N–H and O–H groups in total. The van der Waals surface area contributed by atoms with Gasteiger partial charge in [0.25, 0.3) is 0 Å². The maximum Gasteiger partial charge on any atom is 0.0622 e. The summed E-state index contributed by atoms with van der Waals surface area (Å²) in [5.74, 6) is 0. The Morgan fingerprint density at radius 1 is 1.23 bits per heavy atom. The molecule has 1 aromatic rings. The number of nitrogens with two attached hydrogens (primary N) is 1. The van der Waals surface area contributed by atoms with Gasteiger partial charge in [-0.25, -0.2) is 0 Å². The predicted octanol–water partition coefficient (Wildman–Crippen LogP) is 6.57. The molecular formula is C27H36N4. The van der Waals surface area contributed by atoms with Gasteiger partial charge in [-0.2, -0.15) is 5.26 Å².